The molecular weight excluding hydrogens is 484 g/mol. The van der Waals surface area contributed by atoms with E-state index in [4.69, 9.17) is 11.5 Å². The minimum atomic E-state index is 0.832. The van der Waals surface area contributed by atoms with Gasteiger partial charge in [-0.05, 0) is 65.3 Å². The summed E-state index contributed by atoms with van der Waals surface area (Å²) in [6, 6.07) is 33.3. The fourth-order valence-electron chi connectivity index (χ4n) is 4.55. The molecule has 0 fully saturated rings. The first-order valence-corrected chi connectivity index (χ1v) is 13.7. The molecule has 2 aliphatic rings. The van der Waals surface area contributed by atoms with Crippen LogP contribution in [0.1, 0.15) is 35.1 Å². The lowest BCUT2D eigenvalue weighted by molar-refractivity contribution is 1.24. The number of nitrogens with two attached hydrogens (primary N) is 2. The first-order valence-electron chi connectivity index (χ1n) is 13.7. The van der Waals surface area contributed by atoms with Crippen molar-refractivity contribution in [3.05, 3.63) is 179 Å². The fraction of sp³-hybridized carbons (Fsp3) is 0.105. The van der Waals surface area contributed by atoms with Crippen molar-refractivity contribution in [3.8, 4) is 0 Å². The zero-order valence-corrected chi connectivity index (χ0v) is 23.4. The molecule has 0 unspecified atom stereocenters. The molecule has 200 valence electrons. The molecular formula is C38H38N2. The molecule has 0 saturated carbocycles. The monoisotopic (exact) mass is 522 g/mol. The number of benzene rings is 4. The van der Waals surface area contributed by atoms with Gasteiger partial charge in [0, 0.05) is 11.4 Å². The quantitative estimate of drug-likeness (QED) is 0.276. The lowest BCUT2D eigenvalue weighted by Crippen LogP contribution is -2.04. The van der Waals surface area contributed by atoms with E-state index in [9.17, 15) is 0 Å². The van der Waals surface area contributed by atoms with Crippen molar-refractivity contribution in [2.45, 2.75) is 26.7 Å². The summed E-state index contributed by atoms with van der Waals surface area (Å²) in [5.41, 5.74) is 21.3. The van der Waals surface area contributed by atoms with Gasteiger partial charge in [0.2, 0.25) is 0 Å². The standard InChI is InChI=1S/C20H20N2.C11H10.C7H8/c21-19(15-7-3-1-4-8-15)17-11-13-18(14-12-17)20(22)16-9-5-2-6-10-16;1-9-5-4-7-10-6-2-3-8-11(9)10;1-7-5-3-2-4-6-7/h1-7,9,11-14H,8,10,21-22H2;2-8H,1H3;2-6H,1H3/b19-15-,20-16-;;. The molecule has 0 bridgehead atoms. The van der Waals surface area contributed by atoms with Crippen LogP contribution in [0.2, 0.25) is 0 Å². The number of hydrogen-bond donors (Lipinski definition) is 2. The van der Waals surface area contributed by atoms with Crippen LogP contribution in [0.15, 0.2) is 157 Å². The second kappa shape index (κ2) is 14.4. The maximum Gasteiger partial charge on any atom is 0.0423 e. The Morgan fingerprint density at radius 3 is 1.48 bits per heavy atom. The highest BCUT2D eigenvalue weighted by Crippen LogP contribution is 2.24. The highest BCUT2D eigenvalue weighted by atomic mass is 14.6. The van der Waals surface area contributed by atoms with E-state index >= 15 is 0 Å². The molecule has 0 heterocycles. The number of allylic oxidation sites excluding steroid dienone is 10. The molecule has 4 aromatic rings. The van der Waals surface area contributed by atoms with Gasteiger partial charge in [0.05, 0.1) is 0 Å². The van der Waals surface area contributed by atoms with Crippen LogP contribution in [-0.4, -0.2) is 0 Å². The predicted molar refractivity (Wildman–Crippen MR) is 174 cm³/mol. The molecule has 40 heavy (non-hydrogen) atoms. The molecule has 2 heteroatoms. The molecule has 2 aliphatic carbocycles. The lowest BCUT2D eigenvalue weighted by atomic mass is 9.97. The third kappa shape index (κ3) is 7.85. The van der Waals surface area contributed by atoms with Gasteiger partial charge in [0.1, 0.15) is 0 Å². The van der Waals surface area contributed by atoms with Gasteiger partial charge in [0.15, 0.2) is 0 Å². The van der Waals surface area contributed by atoms with Crippen molar-refractivity contribution in [2.75, 3.05) is 0 Å². The molecule has 0 aromatic heterocycles. The van der Waals surface area contributed by atoms with E-state index in [1.165, 1.54) is 21.9 Å². The summed E-state index contributed by atoms with van der Waals surface area (Å²) in [6.07, 6.45) is 18.2. The van der Waals surface area contributed by atoms with Crippen molar-refractivity contribution < 1.29 is 0 Å². The SMILES string of the molecule is Cc1cccc2ccccc12.Cc1ccccc1.N/C(=C1/C=CC=CC1)c1ccc(/C(N)=C2\C=CC=CC2)cc1. The van der Waals surface area contributed by atoms with Gasteiger partial charge in [-0.2, -0.15) is 0 Å². The first-order chi connectivity index (χ1) is 19.5. The minimum Gasteiger partial charge on any atom is -0.398 e. The van der Waals surface area contributed by atoms with Crippen molar-refractivity contribution in [1.82, 2.24) is 0 Å². The Bertz CT molecular complexity index is 1520. The topological polar surface area (TPSA) is 52.0 Å². The van der Waals surface area contributed by atoms with E-state index in [0.29, 0.717) is 0 Å². The first kappa shape index (κ1) is 28.2. The second-order valence-electron chi connectivity index (χ2n) is 9.89. The Hall–Kier alpha value is -4.82. The summed E-state index contributed by atoms with van der Waals surface area (Å²) < 4.78 is 0. The van der Waals surface area contributed by atoms with Crippen LogP contribution in [-0.2, 0) is 0 Å². The molecule has 0 spiro atoms. The van der Waals surface area contributed by atoms with E-state index in [2.05, 4.69) is 92.7 Å². The van der Waals surface area contributed by atoms with Crippen LogP contribution < -0.4 is 11.5 Å². The van der Waals surface area contributed by atoms with Gasteiger partial charge in [-0.15, -0.1) is 0 Å². The van der Waals surface area contributed by atoms with E-state index in [-0.39, 0.29) is 0 Å². The summed E-state index contributed by atoms with van der Waals surface area (Å²) in [6.45, 7) is 4.22. The zero-order chi connectivity index (χ0) is 28.2. The second-order valence-corrected chi connectivity index (χ2v) is 9.89. The summed E-state index contributed by atoms with van der Waals surface area (Å²) in [4.78, 5) is 0. The maximum absolute atomic E-state index is 6.27. The molecule has 6 rings (SSSR count). The molecule has 0 aliphatic heterocycles. The van der Waals surface area contributed by atoms with Crippen LogP contribution >= 0.6 is 0 Å². The van der Waals surface area contributed by atoms with Gasteiger partial charge in [-0.3, -0.25) is 0 Å². The van der Waals surface area contributed by atoms with Gasteiger partial charge < -0.3 is 11.5 Å². The Balaban J connectivity index is 0.000000168. The van der Waals surface area contributed by atoms with Crippen LogP contribution in [0.3, 0.4) is 0 Å². The van der Waals surface area contributed by atoms with Gasteiger partial charge >= 0.3 is 0 Å². The Labute approximate surface area is 239 Å². The summed E-state index contributed by atoms with van der Waals surface area (Å²) in [7, 11) is 0. The molecule has 2 nitrogen and oxygen atoms in total. The average Bonchev–Trinajstić information content (AvgIpc) is 3.03. The van der Waals surface area contributed by atoms with E-state index in [1.54, 1.807) is 0 Å². The third-order valence-corrected chi connectivity index (χ3v) is 6.91. The zero-order valence-electron chi connectivity index (χ0n) is 23.4. The third-order valence-electron chi connectivity index (χ3n) is 6.91. The highest BCUT2D eigenvalue weighted by Gasteiger charge is 2.07. The van der Waals surface area contributed by atoms with Crippen LogP contribution in [0.5, 0.6) is 0 Å². The van der Waals surface area contributed by atoms with E-state index < -0.39 is 0 Å². The number of aryl methyl sites for hydroxylation is 2. The largest absolute Gasteiger partial charge is 0.398 e. The Kier molecular flexibility index (Phi) is 10.1. The van der Waals surface area contributed by atoms with E-state index in [1.807, 2.05) is 66.8 Å². The molecule has 0 radical (unpaired) electrons. The maximum atomic E-state index is 6.27. The minimum absolute atomic E-state index is 0.832. The molecule has 0 saturated heterocycles. The summed E-state index contributed by atoms with van der Waals surface area (Å²) in [5, 5.41) is 2.68. The number of rotatable bonds is 2. The summed E-state index contributed by atoms with van der Waals surface area (Å²) in [5.74, 6) is 0. The van der Waals surface area contributed by atoms with Crippen molar-refractivity contribution >= 4 is 22.2 Å². The Morgan fingerprint density at radius 2 is 1.02 bits per heavy atom. The normalized spacial score (nSPS) is 15.9. The van der Waals surface area contributed by atoms with Gasteiger partial charge in [-0.1, -0.05) is 151 Å². The molecule has 4 aromatic carbocycles. The Morgan fingerprint density at radius 1 is 0.525 bits per heavy atom. The molecule has 4 N–H and O–H groups in total. The molecule has 0 amide bonds. The number of fused-ring (bicyclic) bond motifs is 1. The van der Waals surface area contributed by atoms with Crippen LogP contribution in [0, 0.1) is 13.8 Å². The van der Waals surface area contributed by atoms with Crippen molar-refractivity contribution in [1.29, 1.82) is 0 Å². The van der Waals surface area contributed by atoms with Gasteiger partial charge in [-0.25, -0.2) is 0 Å². The highest BCUT2D eigenvalue weighted by molar-refractivity contribution is 5.85. The molecule has 0 atom stereocenters. The fourth-order valence-corrected chi connectivity index (χ4v) is 4.55. The number of hydrogen-bond acceptors (Lipinski definition) is 2. The van der Waals surface area contributed by atoms with Crippen molar-refractivity contribution in [3.63, 3.8) is 0 Å². The van der Waals surface area contributed by atoms with E-state index in [0.717, 1.165) is 46.5 Å². The lowest BCUT2D eigenvalue weighted by Gasteiger charge is -2.12. The smallest absolute Gasteiger partial charge is 0.0423 e. The van der Waals surface area contributed by atoms with Crippen molar-refractivity contribution in [2.24, 2.45) is 11.5 Å². The summed E-state index contributed by atoms with van der Waals surface area (Å²) >= 11 is 0. The predicted octanol–water partition coefficient (Wildman–Crippen LogP) is 9.20. The average molecular weight is 523 g/mol. The van der Waals surface area contributed by atoms with Crippen LogP contribution in [0.4, 0.5) is 0 Å². The van der Waals surface area contributed by atoms with Crippen LogP contribution in [0.25, 0.3) is 22.2 Å². The van der Waals surface area contributed by atoms with Gasteiger partial charge in [0.25, 0.3) is 0 Å².